The Morgan fingerprint density at radius 3 is 2.93 bits per heavy atom. The van der Waals surface area contributed by atoms with Crippen molar-refractivity contribution in [2.24, 2.45) is 0 Å². The zero-order chi connectivity index (χ0) is 19.6. The number of para-hydroxylation sites is 1. The molecule has 0 aromatic heterocycles. The molecule has 0 radical (unpaired) electrons. The number of carbonyl (C=O) groups is 1. The molecule has 1 N–H and O–H groups in total. The first-order chi connectivity index (χ1) is 13.5. The van der Waals surface area contributed by atoms with Crippen LogP contribution < -0.4 is 24.3 Å². The average Bonchev–Trinajstić information content (AvgIpc) is 3.25. The molecule has 2 aliphatic rings. The summed E-state index contributed by atoms with van der Waals surface area (Å²) >= 11 is 0. The molecule has 0 atom stereocenters. The zero-order valence-corrected chi connectivity index (χ0v) is 16.2. The summed E-state index contributed by atoms with van der Waals surface area (Å²) in [6.07, 6.45) is 1.94. The van der Waals surface area contributed by atoms with E-state index in [0.29, 0.717) is 26.0 Å². The molecule has 2 aromatic carbocycles. The molecule has 0 saturated heterocycles. The van der Waals surface area contributed by atoms with E-state index >= 15 is 0 Å². The monoisotopic (exact) mass is 383 g/mol. The van der Waals surface area contributed by atoms with Gasteiger partial charge < -0.3 is 24.3 Å². The molecule has 0 spiro atoms. The van der Waals surface area contributed by atoms with E-state index in [2.05, 4.69) is 25.2 Å². The van der Waals surface area contributed by atoms with Gasteiger partial charge >= 0.3 is 0 Å². The molecule has 2 aromatic rings. The normalized spacial score (nSPS) is 15.6. The Labute approximate surface area is 164 Å². The smallest absolute Gasteiger partial charge is 0.231 e. The first kappa shape index (κ1) is 18.5. The van der Waals surface area contributed by atoms with Crippen LogP contribution in [-0.4, -0.2) is 31.5 Å². The van der Waals surface area contributed by atoms with Gasteiger partial charge in [-0.05, 0) is 44.0 Å². The van der Waals surface area contributed by atoms with E-state index in [4.69, 9.17) is 18.9 Å². The first-order valence-electron chi connectivity index (χ1n) is 9.59. The highest BCUT2D eigenvalue weighted by Crippen LogP contribution is 2.41. The van der Waals surface area contributed by atoms with Crippen molar-refractivity contribution >= 4 is 5.91 Å². The van der Waals surface area contributed by atoms with Gasteiger partial charge in [-0.15, -0.1) is 0 Å². The summed E-state index contributed by atoms with van der Waals surface area (Å²) in [4.78, 5) is 12.1. The second-order valence-corrected chi connectivity index (χ2v) is 7.67. The second-order valence-electron chi connectivity index (χ2n) is 7.67. The zero-order valence-electron chi connectivity index (χ0n) is 16.2. The van der Waals surface area contributed by atoms with Crippen molar-refractivity contribution in [1.82, 2.24) is 5.32 Å². The quantitative estimate of drug-likeness (QED) is 0.744. The number of amides is 1. The van der Waals surface area contributed by atoms with Gasteiger partial charge in [0.15, 0.2) is 23.0 Å². The summed E-state index contributed by atoms with van der Waals surface area (Å²) in [5.41, 5.74) is 2.01. The van der Waals surface area contributed by atoms with E-state index < -0.39 is 0 Å². The van der Waals surface area contributed by atoms with E-state index in [1.54, 1.807) is 0 Å². The van der Waals surface area contributed by atoms with Gasteiger partial charge in [0.05, 0.1) is 6.54 Å². The minimum Gasteiger partial charge on any atom is -0.488 e. The first-order valence-corrected chi connectivity index (χ1v) is 9.59. The minimum atomic E-state index is -0.204. The Hall–Kier alpha value is -2.89. The van der Waals surface area contributed by atoms with E-state index in [9.17, 15) is 4.79 Å². The molecule has 6 heteroatoms. The Bertz CT molecular complexity index is 877. The fraction of sp³-hybridized carbons (Fsp3) is 0.409. The summed E-state index contributed by atoms with van der Waals surface area (Å²) in [5, 5.41) is 2.90. The molecule has 28 heavy (non-hydrogen) atoms. The lowest BCUT2D eigenvalue weighted by atomic mass is 10.0. The van der Waals surface area contributed by atoms with Crippen molar-refractivity contribution in [3.63, 3.8) is 0 Å². The molecule has 2 aliphatic heterocycles. The molecule has 0 saturated carbocycles. The summed E-state index contributed by atoms with van der Waals surface area (Å²) in [6, 6.07) is 11.7. The van der Waals surface area contributed by atoms with E-state index in [1.807, 2.05) is 30.3 Å². The van der Waals surface area contributed by atoms with Crippen LogP contribution >= 0.6 is 0 Å². The summed E-state index contributed by atoms with van der Waals surface area (Å²) in [5.74, 6) is 3.05. The Morgan fingerprint density at radius 2 is 2.04 bits per heavy atom. The van der Waals surface area contributed by atoms with E-state index in [1.165, 1.54) is 0 Å². The SMILES string of the molecule is CC1(C)Cc2cccc(OCCNC(=O)CCc3ccc4c(c3)OCO4)c2O1. The topological polar surface area (TPSA) is 66.0 Å². The molecule has 6 nitrogen and oxygen atoms in total. The van der Waals surface area contributed by atoms with Gasteiger partial charge in [-0.1, -0.05) is 18.2 Å². The lowest BCUT2D eigenvalue weighted by Gasteiger charge is -2.18. The molecular weight excluding hydrogens is 358 g/mol. The van der Waals surface area contributed by atoms with Gasteiger partial charge in [0.25, 0.3) is 0 Å². The van der Waals surface area contributed by atoms with Crippen LogP contribution in [0.2, 0.25) is 0 Å². The van der Waals surface area contributed by atoms with Gasteiger partial charge in [-0.25, -0.2) is 0 Å². The molecule has 148 valence electrons. The van der Waals surface area contributed by atoms with Crippen molar-refractivity contribution < 1.29 is 23.7 Å². The highest BCUT2D eigenvalue weighted by Gasteiger charge is 2.32. The van der Waals surface area contributed by atoms with Gasteiger partial charge in [0.1, 0.15) is 12.2 Å². The van der Waals surface area contributed by atoms with Crippen LogP contribution in [-0.2, 0) is 17.6 Å². The standard InChI is InChI=1S/C22H25NO5/c1-22(2)13-16-4-3-5-18(21(16)28-22)25-11-10-23-20(24)9-7-15-6-8-17-19(12-15)27-14-26-17/h3-6,8,12H,7,9-11,13-14H2,1-2H3,(H,23,24). The fourth-order valence-corrected chi connectivity index (χ4v) is 3.50. The van der Waals surface area contributed by atoms with Gasteiger partial charge in [-0.3, -0.25) is 4.79 Å². The van der Waals surface area contributed by atoms with Crippen molar-refractivity contribution in [2.75, 3.05) is 19.9 Å². The van der Waals surface area contributed by atoms with Gasteiger partial charge in [0, 0.05) is 18.4 Å². The molecule has 2 heterocycles. The maximum atomic E-state index is 12.1. The lowest BCUT2D eigenvalue weighted by Crippen LogP contribution is -2.28. The summed E-state index contributed by atoms with van der Waals surface area (Å²) in [7, 11) is 0. The Balaban J connectivity index is 1.20. The lowest BCUT2D eigenvalue weighted by molar-refractivity contribution is -0.121. The molecular formula is C22H25NO5. The number of fused-ring (bicyclic) bond motifs is 2. The predicted octanol–water partition coefficient (Wildman–Crippen LogP) is 3.26. The number of ether oxygens (including phenoxy) is 4. The molecule has 0 aliphatic carbocycles. The molecule has 1 amide bonds. The number of aryl methyl sites for hydroxylation is 1. The van der Waals surface area contributed by atoms with E-state index in [0.717, 1.165) is 40.5 Å². The fourth-order valence-electron chi connectivity index (χ4n) is 3.50. The van der Waals surface area contributed by atoms with Crippen LogP contribution in [0.3, 0.4) is 0 Å². The molecule has 0 bridgehead atoms. The minimum absolute atomic E-state index is 0.00283. The summed E-state index contributed by atoms with van der Waals surface area (Å²) in [6.45, 7) is 5.24. The Kier molecular flexibility index (Phi) is 5.03. The summed E-state index contributed by atoms with van der Waals surface area (Å²) < 4.78 is 22.5. The Morgan fingerprint density at radius 1 is 1.18 bits per heavy atom. The molecule has 0 unspecified atom stereocenters. The van der Waals surface area contributed by atoms with Crippen LogP contribution in [0.25, 0.3) is 0 Å². The van der Waals surface area contributed by atoms with Crippen LogP contribution in [0.5, 0.6) is 23.0 Å². The molecule has 4 rings (SSSR count). The van der Waals surface area contributed by atoms with Crippen molar-refractivity contribution in [1.29, 1.82) is 0 Å². The van der Waals surface area contributed by atoms with Gasteiger partial charge in [0.2, 0.25) is 12.7 Å². The van der Waals surface area contributed by atoms with Crippen molar-refractivity contribution in [3.05, 3.63) is 47.5 Å². The largest absolute Gasteiger partial charge is 0.488 e. The van der Waals surface area contributed by atoms with Gasteiger partial charge in [-0.2, -0.15) is 0 Å². The van der Waals surface area contributed by atoms with Crippen LogP contribution in [0.1, 0.15) is 31.4 Å². The van der Waals surface area contributed by atoms with Crippen LogP contribution in [0.15, 0.2) is 36.4 Å². The van der Waals surface area contributed by atoms with Crippen LogP contribution in [0.4, 0.5) is 0 Å². The maximum Gasteiger partial charge on any atom is 0.231 e. The number of hydrogen-bond acceptors (Lipinski definition) is 5. The van der Waals surface area contributed by atoms with Crippen LogP contribution in [0, 0.1) is 0 Å². The number of benzene rings is 2. The maximum absolute atomic E-state index is 12.1. The third-order valence-corrected chi connectivity index (χ3v) is 4.81. The second kappa shape index (κ2) is 7.62. The highest BCUT2D eigenvalue weighted by atomic mass is 16.7. The highest BCUT2D eigenvalue weighted by molar-refractivity contribution is 5.76. The number of hydrogen-bond donors (Lipinski definition) is 1. The molecule has 0 fully saturated rings. The third-order valence-electron chi connectivity index (χ3n) is 4.81. The van der Waals surface area contributed by atoms with Crippen molar-refractivity contribution in [2.45, 2.75) is 38.7 Å². The predicted molar refractivity (Wildman–Crippen MR) is 104 cm³/mol. The number of rotatable bonds is 7. The number of nitrogens with one attached hydrogen (secondary N) is 1. The van der Waals surface area contributed by atoms with E-state index in [-0.39, 0.29) is 18.3 Å². The van der Waals surface area contributed by atoms with Crippen molar-refractivity contribution in [3.8, 4) is 23.0 Å². The average molecular weight is 383 g/mol. The third kappa shape index (κ3) is 4.16. The number of carbonyl (C=O) groups excluding carboxylic acids is 1.